The molecule has 0 aromatic carbocycles. The molecule has 4 heterocycles. The van der Waals surface area contributed by atoms with Crippen molar-refractivity contribution in [1.82, 2.24) is 24.6 Å². The number of hydrogen-bond acceptors (Lipinski definition) is 6. The highest BCUT2D eigenvalue weighted by molar-refractivity contribution is 5.18. The van der Waals surface area contributed by atoms with Crippen LogP contribution in [0.2, 0.25) is 0 Å². The fourth-order valence-electron chi connectivity index (χ4n) is 4.86. The average molecular weight is 369 g/mol. The van der Waals surface area contributed by atoms with Crippen molar-refractivity contribution < 1.29 is 9.47 Å². The quantitative estimate of drug-likeness (QED) is 0.806. The highest BCUT2D eigenvalue weighted by Crippen LogP contribution is 2.50. The largest absolute Gasteiger partial charge is 0.481 e. The van der Waals surface area contributed by atoms with Crippen molar-refractivity contribution in [2.45, 2.75) is 44.2 Å². The van der Waals surface area contributed by atoms with Crippen LogP contribution in [-0.4, -0.2) is 58.1 Å². The van der Waals surface area contributed by atoms with Crippen molar-refractivity contribution in [3.63, 3.8) is 0 Å². The first kappa shape index (κ1) is 17.1. The van der Waals surface area contributed by atoms with E-state index < -0.39 is 0 Å². The van der Waals surface area contributed by atoms with Crippen molar-refractivity contribution in [2.24, 2.45) is 5.41 Å². The second-order valence-electron chi connectivity index (χ2n) is 8.20. The standard InChI is InChI=1S/C20H27N5O2/c1-26-18-4-2-3-15(22-18)11-24-12-17(20(13-24)7-9-27-10-8-20)19-23-21-14-25(19)16-5-6-16/h2-4,14,16-17H,5-13H2,1H3. The maximum atomic E-state index is 5.71. The Balaban J connectivity index is 1.41. The van der Waals surface area contributed by atoms with Gasteiger partial charge in [0.2, 0.25) is 5.88 Å². The molecule has 1 aliphatic carbocycles. The zero-order valence-corrected chi connectivity index (χ0v) is 15.9. The molecule has 1 atom stereocenters. The lowest BCUT2D eigenvalue weighted by atomic mass is 9.71. The topological polar surface area (TPSA) is 65.3 Å². The van der Waals surface area contributed by atoms with Gasteiger partial charge < -0.3 is 14.0 Å². The van der Waals surface area contributed by atoms with Gasteiger partial charge in [0.25, 0.3) is 0 Å². The molecule has 3 fully saturated rings. The van der Waals surface area contributed by atoms with Crippen LogP contribution in [0.1, 0.15) is 49.2 Å². The third-order valence-corrected chi connectivity index (χ3v) is 6.44. The van der Waals surface area contributed by atoms with Gasteiger partial charge >= 0.3 is 0 Å². The molecule has 7 nitrogen and oxygen atoms in total. The van der Waals surface area contributed by atoms with Gasteiger partial charge in [0.1, 0.15) is 12.2 Å². The summed E-state index contributed by atoms with van der Waals surface area (Å²) in [5.41, 5.74) is 1.29. The van der Waals surface area contributed by atoms with E-state index in [-0.39, 0.29) is 5.41 Å². The van der Waals surface area contributed by atoms with E-state index in [9.17, 15) is 0 Å². The Hall–Kier alpha value is -1.99. The molecule has 3 aliphatic rings. The van der Waals surface area contributed by atoms with Gasteiger partial charge in [-0.3, -0.25) is 4.90 Å². The number of aromatic nitrogens is 4. The Morgan fingerprint density at radius 1 is 1.26 bits per heavy atom. The molecule has 0 N–H and O–H groups in total. The zero-order chi connectivity index (χ0) is 18.3. The first-order valence-corrected chi connectivity index (χ1v) is 9.97. The molecule has 7 heteroatoms. The van der Waals surface area contributed by atoms with Crippen LogP contribution in [0.5, 0.6) is 5.88 Å². The number of pyridine rings is 1. The fourth-order valence-corrected chi connectivity index (χ4v) is 4.86. The zero-order valence-electron chi connectivity index (χ0n) is 15.9. The molecule has 2 saturated heterocycles. The van der Waals surface area contributed by atoms with Gasteiger partial charge in [-0.15, -0.1) is 10.2 Å². The Kier molecular flexibility index (Phi) is 4.36. The van der Waals surface area contributed by atoms with Crippen LogP contribution in [0, 0.1) is 5.41 Å². The lowest BCUT2D eigenvalue weighted by Crippen LogP contribution is -2.37. The summed E-state index contributed by atoms with van der Waals surface area (Å²) >= 11 is 0. The third kappa shape index (κ3) is 3.23. The summed E-state index contributed by atoms with van der Waals surface area (Å²) in [7, 11) is 1.67. The van der Waals surface area contributed by atoms with Crippen molar-refractivity contribution in [3.8, 4) is 5.88 Å². The Morgan fingerprint density at radius 3 is 2.89 bits per heavy atom. The van der Waals surface area contributed by atoms with E-state index in [2.05, 4.69) is 30.7 Å². The van der Waals surface area contributed by atoms with Gasteiger partial charge in [-0.1, -0.05) is 6.07 Å². The molecular weight excluding hydrogens is 342 g/mol. The number of methoxy groups -OCH3 is 1. The SMILES string of the molecule is COc1cccc(CN2CC(c3nncn3C3CC3)C3(CCOCC3)C2)n1. The van der Waals surface area contributed by atoms with Crippen LogP contribution < -0.4 is 4.74 Å². The Bertz CT molecular complexity index is 797. The maximum Gasteiger partial charge on any atom is 0.213 e. The monoisotopic (exact) mass is 369 g/mol. The van der Waals surface area contributed by atoms with Gasteiger partial charge in [0, 0.05) is 50.9 Å². The van der Waals surface area contributed by atoms with Crippen LogP contribution >= 0.6 is 0 Å². The van der Waals surface area contributed by atoms with E-state index in [1.54, 1.807) is 7.11 Å². The predicted molar refractivity (Wildman–Crippen MR) is 99.6 cm³/mol. The van der Waals surface area contributed by atoms with E-state index in [4.69, 9.17) is 9.47 Å². The first-order chi connectivity index (χ1) is 13.3. The summed E-state index contributed by atoms with van der Waals surface area (Å²) in [4.78, 5) is 7.14. The van der Waals surface area contributed by atoms with Gasteiger partial charge in [0.15, 0.2) is 0 Å². The maximum absolute atomic E-state index is 5.71. The smallest absolute Gasteiger partial charge is 0.213 e. The van der Waals surface area contributed by atoms with E-state index >= 15 is 0 Å². The minimum Gasteiger partial charge on any atom is -0.481 e. The molecule has 0 radical (unpaired) electrons. The van der Waals surface area contributed by atoms with Crippen molar-refractivity contribution in [1.29, 1.82) is 0 Å². The second kappa shape index (κ2) is 6.87. The molecule has 2 aromatic rings. The third-order valence-electron chi connectivity index (χ3n) is 6.44. The number of ether oxygens (including phenoxy) is 2. The van der Waals surface area contributed by atoms with Crippen molar-refractivity contribution in [3.05, 3.63) is 36.0 Å². The Morgan fingerprint density at radius 2 is 2.11 bits per heavy atom. The lowest BCUT2D eigenvalue weighted by Gasteiger charge is -2.37. The minimum atomic E-state index is 0.233. The van der Waals surface area contributed by atoms with E-state index in [0.717, 1.165) is 51.4 Å². The summed E-state index contributed by atoms with van der Waals surface area (Å²) in [6.07, 6.45) is 6.64. The normalized spacial score (nSPS) is 25.1. The molecule has 144 valence electrons. The highest BCUT2D eigenvalue weighted by Gasteiger charge is 2.50. The summed E-state index contributed by atoms with van der Waals surface area (Å²) < 4.78 is 13.3. The van der Waals surface area contributed by atoms with Gasteiger partial charge in [-0.2, -0.15) is 0 Å². The molecule has 1 unspecified atom stereocenters. The van der Waals surface area contributed by atoms with E-state index in [0.29, 0.717) is 17.8 Å². The molecule has 0 bridgehead atoms. The molecular formula is C20H27N5O2. The summed E-state index contributed by atoms with van der Waals surface area (Å²) in [6.45, 7) is 4.61. The van der Waals surface area contributed by atoms with Gasteiger partial charge in [0.05, 0.1) is 12.8 Å². The summed E-state index contributed by atoms with van der Waals surface area (Å²) in [6, 6.07) is 6.61. The van der Waals surface area contributed by atoms with E-state index in [1.165, 1.54) is 18.7 Å². The molecule has 1 spiro atoms. The molecule has 2 aliphatic heterocycles. The van der Waals surface area contributed by atoms with Crippen molar-refractivity contribution >= 4 is 0 Å². The molecule has 27 heavy (non-hydrogen) atoms. The summed E-state index contributed by atoms with van der Waals surface area (Å²) in [5, 5.41) is 8.86. The van der Waals surface area contributed by atoms with Crippen LogP contribution in [0.25, 0.3) is 0 Å². The highest BCUT2D eigenvalue weighted by atomic mass is 16.5. The Labute approximate surface area is 159 Å². The van der Waals surface area contributed by atoms with Crippen LogP contribution in [0.4, 0.5) is 0 Å². The van der Waals surface area contributed by atoms with E-state index in [1.807, 2.05) is 18.5 Å². The second-order valence-corrected chi connectivity index (χ2v) is 8.20. The minimum absolute atomic E-state index is 0.233. The average Bonchev–Trinajstić information content (AvgIpc) is 3.34. The van der Waals surface area contributed by atoms with Crippen molar-refractivity contribution in [2.75, 3.05) is 33.4 Å². The first-order valence-electron chi connectivity index (χ1n) is 9.97. The van der Waals surface area contributed by atoms with Gasteiger partial charge in [-0.05, 0) is 37.2 Å². The molecule has 2 aromatic heterocycles. The number of likely N-dealkylation sites (tertiary alicyclic amines) is 1. The molecule has 0 amide bonds. The van der Waals surface area contributed by atoms with Crippen LogP contribution in [0.15, 0.2) is 24.5 Å². The number of nitrogens with zero attached hydrogens (tertiary/aromatic N) is 5. The lowest BCUT2D eigenvalue weighted by molar-refractivity contribution is 0.0104. The predicted octanol–water partition coefficient (Wildman–Crippen LogP) is 2.41. The molecule has 1 saturated carbocycles. The van der Waals surface area contributed by atoms with Crippen LogP contribution in [0.3, 0.4) is 0 Å². The summed E-state index contributed by atoms with van der Waals surface area (Å²) in [5.74, 6) is 2.27. The number of rotatable bonds is 5. The fraction of sp³-hybridized carbons (Fsp3) is 0.650. The van der Waals surface area contributed by atoms with Gasteiger partial charge in [-0.25, -0.2) is 4.98 Å². The number of hydrogen-bond donors (Lipinski definition) is 0. The van der Waals surface area contributed by atoms with Crippen LogP contribution in [-0.2, 0) is 11.3 Å². The molecule has 5 rings (SSSR count).